The van der Waals surface area contributed by atoms with Gasteiger partial charge >= 0.3 is 0 Å². The second-order valence-corrected chi connectivity index (χ2v) is 4.44. The van der Waals surface area contributed by atoms with E-state index in [0.29, 0.717) is 17.8 Å². The first-order chi connectivity index (χ1) is 8.65. The Labute approximate surface area is 108 Å². The molecule has 1 rings (SSSR count). The van der Waals surface area contributed by atoms with Crippen molar-refractivity contribution in [3.05, 3.63) is 23.0 Å². The summed E-state index contributed by atoms with van der Waals surface area (Å²) in [5.41, 5.74) is 7.46. The molecule has 1 aromatic heterocycles. The van der Waals surface area contributed by atoms with E-state index in [9.17, 15) is 4.79 Å². The minimum Gasteiger partial charge on any atom is -0.352 e. The molecule has 0 aliphatic rings. The third-order valence-corrected chi connectivity index (χ3v) is 2.76. The van der Waals surface area contributed by atoms with E-state index < -0.39 is 0 Å². The van der Waals surface area contributed by atoms with Gasteiger partial charge in [-0.1, -0.05) is 12.8 Å². The van der Waals surface area contributed by atoms with E-state index in [1.807, 2.05) is 6.92 Å². The molecule has 1 amide bonds. The number of aromatic nitrogens is 2. The second-order valence-electron chi connectivity index (χ2n) is 4.44. The van der Waals surface area contributed by atoms with E-state index in [2.05, 4.69) is 15.5 Å². The van der Waals surface area contributed by atoms with E-state index >= 15 is 0 Å². The van der Waals surface area contributed by atoms with Crippen LogP contribution >= 0.6 is 0 Å². The Hall–Kier alpha value is -1.49. The van der Waals surface area contributed by atoms with Gasteiger partial charge in [-0.3, -0.25) is 4.79 Å². The minimum atomic E-state index is -0.0654. The molecule has 0 fully saturated rings. The van der Waals surface area contributed by atoms with Crippen LogP contribution < -0.4 is 11.1 Å². The van der Waals surface area contributed by atoms with Crippen LogP contribution in [0.4, 0.5) is 0 Å². The topological polar surface area (TPSA) is 80.9 Å². The van der Waals surface area contributed by atoms with Crippen LogP contribution in [0.3, 0.4) is 0 Å². The smallest absolute Gasteiger partial charge is 0.253 e. The number of nitrogens with two attached hydrogens (primary N) is 1. The largest absolute Gasteiger partial charge is 0.352 e. The summed E-state index contributed by atoms with van der Waals surface area (Å²) in [5, 5.41) is 10.8. The zero-order valence-corrected chi connectivity index (χ0v) is 11.2. The molecule has 0 aliphatic heterocycles. The molecule has 0 bridgehead atoms. The first kappa shape index (κ1) is 14.6. The van der Waals surface area contributed by atoms with Gasteiger partial charge in [-0.05, 0) is 39.3 Å². The fourth-order valence-electron chi connectivity index (χ4n) is 1.70. The molecule has 0 saturated carbocycles. The Morgan fingerprint density at radius 2 is 1.94 bits per heavy atom. The van der Waals surface area contributed by atoms with Gasteiger partial charge in [-0.15, -0.1) is 0 Å². The van der Waals surface area contributed by atoms with Gasteiger partial charge in [0.05, 0.1) is 17.0 Å². The maximum absolute atomic E-state index is 11.9. The highest BCUT2D eigenvalue weighted by Gasteiger charge is 2.09. The molecule has 5 heteroatoms. The summed E-state index contributed by atoms with van der Waals surface area (Å²) in [4.78, 5) is 11.9. The summed E-state index contributed by atoms with van der Waals surface area (Å²) in [5.74, 6) is -0.0654. The lowest BCUT2D eigenvalue weighted by Gasteiger charge is -2.07. The van der Waals surface area contributed by atoms with Crippen LogP contribution in [0.25, 0.3) is 0 Å². The van der Waals surface area contributed by atoms with E-state index in [4.69, 9.17) is 5.73 Å². The number of nitrogens with one attached hydrogen (secondary N) is 1. The maximum atomic E-state index is 11.9. The van der Waals surface area contributed by atoms with Crippen molar-refractivity contribution >= 4 is 5.91 Å². The molecular formula is C13H22N4O. The Bertz CT molecular complexity index is 393. The average Bonchev–Trinajstić information content (AvgIpc) is 2.36. The monoisotopic (exact) mass is 250 g/mol. The first-order valence-electron chi connectivity index (χ1n) is 6.44. The van der Waals surface area contributed by atoms with Crippen molar-refractivity contribution in [1.82, 2.24) is 15.5 Å². The summed E-state index contributed by atoms with van der Waals surface area (Å²) < 4.78 is 0. The molecule has 3 N–H and O–H groups in total. The summed E-state index contributed by atoms with van der Waals surface area (Å²) >= 11 is 0. The van der Waals surface area contributed by atoms with Crippen LogP contribution in [0.15, 0.2) is 6.07 Å². The molecule has 0 radical (unpaired) electrons. The van der Waals surface area contributed by atoms with Gasteiger partial charge in [0.1, 0.15) is 0 Å². The van der Waals surface area contributed by atoms with Crippen molar-refractivity contribution in [2.75, 3.05) is 13.1 Å². The van der Waals surface area contributed by atoms with Crippen LogP contribution in [0.1, 0.15) is 47.4 Å². The van der Waals surface area contributed by atoms with Crippen molar-refractivity contribution in [3.8, 4) is 0 Å². The predicted octanol–water partition coefficient (Wildman–Crippen LogP) is 1.34. The van der Waals surface area contributed by atoms with E-state index in [-0.39, 0.29) is 5.91 Å². The normalized spacial score (nSPS) is 10.4. The van der Waals surface area contributed by atoms with Crippen molar-refractivity contribution in [3.63, 3.8) is 0 Å². The number of unbranched alkanes of at least 4 members (excludes halogenated alkanes) is 3. The van der Waals surface area contributed by atoms with E-state index in [0.717, 1.165) is 37.9 Å². The van der Waals surface area contributed by atoms with Crippen LogP contribution in [0.5, 0.6) is 0 Å². The molecule has 18 heavy (non-hydrogen) atoms. The van der Waals surface area contributed by atoms with Crippen molar-refractivity contribution in [1.29, 1.82) is 0 Å². The first-order valence-corrected chi connectivity index (χ1v) is 6.44. The summed E-state index contributed by atoms with van der Waals surface area (Å²) in [6.45, 7) is 5.07. The van der Waals surface area contributed by atoms with Gasteiger partial charge in [-0.25, -0.2) is 0 Å². The Morgan fingerprint density at radius 1 is 1.22 bits per heavy atom. The molecule has 0 atom stereocenters. The third kappa shape index (κ3) is 4.79. The molecule has 0 saturated heterocycles. The molecular weight excluding hydrogens is 228 g/mol. The van der Waals surface area contributed by atoms with Crippen LogP contribution in [-0.2, 0) is 0 Å². The Morgan fingerprint density at radius 3 is 2.67 bits per heavy atom. The van der Waals surface area contributed by atoms with Crippen LogP contribution in [0, 0.1) is 13.8 Å². The summed E-state index contributed by atoms with van der Waals surface area (Å²) in [7, 11) is 0. The summed E-state index contributed by atoms with van der Waals surface area (Å²) in [6, 6.07) is 1.77. The van der Waals surface area contributed by atoms with Gasteiger partial charge in [0, 0.05) is 6.54 Å². The lowest BCUT2D eigenvalue weighted by atomic mass is 10.1. The predicted molar refractivity (Wildman–Crippen MR) is 71.4 cm³/mol. The van der Waals surface area contributed by atoms with Gasteiger partial charge in [0.2, 0.25) is 0 Å². The summed E-state index contributed by atoms with van der Waals surface area (Å²) in [6.07, 6.45) is 4.27. The van der Waals surface area contributed by atoms with Crippen LogP contribution in [0.2, 0.25) is 0 Å². The molecule has 0 unspecified atom stereocenters. The number of nitrogens with zero attached hydrogens (tertiary/aromatic N) is 2. The standard InChI is InChI=1S/C13H22N4O/c1-10-9-12(11(2)17-16-10)13(18)15-8-6-4-3-5-7-14/h9H,3-8,14H2,1-2H3,(H,15,18). The van der Waals surface area contributed by atoms with E-state index in [1.54, 1.807) is 13.0 Å². The number of amides is 1. The molecule has 5 nitrogen and oxygen atoms in total. The fourth-order valence-corrected chi connectivity index (χ4v) is 1.70. The minimum absolute atomic E-state index is 0.0654. The highest BCUT2D eigenvalue weighted by Crippen LogP contribution is 2.05. The van der Waals surface area contributed by atoms with Crippen molar-refractivity contribution < 1.29 is 4.79 Å². The Balaban J connectivity index is 2.34. The third-order valence-electron chi connectivity index (χ3n) is 2.76. The van der Waals surface area contributed by atoms with Crippen LogP contribution in [-0.4, -0.2) is 29.2 Å². The lowest BCUT2D eigenvalue weighted by Crippen LogP contribution is -2.25. The second kappa shape index (κ2) is 7.76. The lowest BCUT2D eigenvalue weighted by molar-refractivity contribution is 0.0951. The number of rotatable bonds is 7. The van der Waals surface area contributed by atoms with Gasteiger partial charge in [0.25, 0.3) is 5.91 Å². The quantitative estimate of drug-likeness (QED) is 0.716. The van der Waals surface area contributed by atoms with Gasteiger partial charge in [-0.2, -0.15) is 10.2 Å². The van der Waals surface area contributed by atoms with Crippen molar-refractivity contribution in [2.45, 2.75) is 39.5 Å². The fraction of sp³-hybridized carbons (Fsp3) is 0.615. The van der Waals surface area contributed by atoms with Crippen molar-refractivity contribution in [2.24, 2.45) is 5.73 Å². The molecule has 0 spiro atoms. The number of hydrogen-bond acceptors (Lipinski definition) is 4. The zero-order valence-electron chi connectivity index (χ0n) is 11.2. The number of hydrogen-bond donors (Lipinski definition) is 2. The number of carbonyl (C=O) groups excluding carboxylic acids is 1. The van der Waals surface area contributed by atoms with E-state index in [1.165, 1.54) is 0 Å². The molecule has 0 aromatic carbocycles. The highest BCUT2D eigenvalue weighted by atomic mass is 16.1. The zero-order chi connectivity index (χ0) is 13.4. The van der Waals surface area contributed by atoms with Gasteiger partial charge < -0.3 is 11.1 Å². The molecule has 1 heterocycles. The SMILES string of the molecule is Cc1cc(C(=O)NCCCCCCN)c(C)nn1. The molecule has 100 valence electrons. The maximum Gasteiger partial charge on any atom is 0.253 e. The number of carbonyl (C=O) groups is 1. The van der Waals surface area contributed by atoms with Gasteiger partial charge in [0.15, 0.2) is 0 Å². The molecule has 0 aliphatic carbocycles. The Kier molecular flexibility index (Phi) is 6.28. The average molecular weight is 250 g/mol. The molecule has 1 aromatic rings. The number of aryl methyl sites for hydroxylation is 2. The highest BCUT2D eigenvalue weighted by molar-refractivity contribution is 5.95.